The molecular formula is C27H31F3N8OS. The van der Waals surface area contributed by atoms with E-state index in [0.29, 0.717) is 42.6 Å². The van der Waals surface area contributed by atoms with Crippen LogP contribution in [0.3, 0.4) is 0 Å². The van der Waals surface area contributed by atoms with Gasteiger partial charge in [-0.25, -0.2) is 9.78 Å². The number of nitrogens with one attached hydrogen (secondary N) is 1. The number of amides is 2. The van der Waals surface area contributed by atoms with Crippen molar-refractivity contribution in [2.75, 3.05) is 72.4 Å². The van der Waals surface area contributed by atoms with Gasteiger partial charge in [-0.15, -0.1) is 11.3 Å². The number of rotatable bonds is 5. The van der Waals surface area contributed by atoms with Crippen molar-refractivity contribution in [1.29, 1.82) is 0 Å². The molecule has 3 aliphatic heterocycles. The van der Waals surface area contributed by atoms with Crippen LogP contribution in [-0.2, 0) is 6.18 Å². The first kappa shape index (κ1) is 26.6. The molecule has 0 radical (unpaired) electrons. The Morgan fingerprint density at radius 3 is 1.95 bits per heavy atom. The number of thiazole rings is 1. The number of carbonyl (C=O) groups excluding carboxylic acids is 1. The Kier molecular flexibility index (Phi) is 7.39. The molecule has 3 fully saturated rings. The van der Waals surface area contributed by atoms with Gasteiger partial charge in [-0.1, -0.05) is 12.1 Å². The number of hydrogen-bond acceptors (Lipinski definition) is 8. The summed E-state index contributed by atoms with van der Waals surface area (Å²) in [5.74, 6) is 2.68. The van der Waals surface area contributed by atoms with Crippen molar-refractivity contribution in [3.05, 3.63) is 41.3 Å². The summed E-state index contributed by atoms with van der Waals surface area (Å²) >= 11 is 1.24. The maximum absolute atomic E-state index is 13.0. The van der Waals surface area contributed by atoms with Crippen LogP contribution in [0, 0.1) is 0 Å². The lowest BCUT2D eigenvalue weighted by molar-refractivity contribution is -0.137. The van der Waals surface area contributed by atoms with E-state index in [0.717, 1.165) is 68.7 Å². The zero-order valence-corrected chi connectivity index (χ0v) is 22.8. The van der Waals surface area contributed by atoms with Gasteiger partial charge in [0.2, 0.25) is 5.95 Å². The van der Waals surface area contributed by atoms with E-state index in [1.807, 2.05) is 0 Å². The van der Waals surface area contributed by atoms with Crippen LogP contribution >= 0.6 is 11.3 Å². The summed E-state index contributed by atoms with van der Waals surface area (Å²) in [6.45, 7) is 6.36. The van der Waals surface area contributed by atoms with E-state index in [4.69, 9.17) is 9.97 Å². The van der Waals surface area contributed by atoms with Gasteiger partial charge in [0.15, 0.2) is 5.13 Å². The average Bonchev–Trinajstić information content (AvgIpc) is 3.76. The molecule has 0 atom stereocenters. The molecule has 40 heavy (non-hydrogen) atoms. The van der Waals surface area contributed by atoms with Crippen molar-refractivity contribution in [2.45, 2.75) is 31.9 Å². The smallest absolute Gasteiger partial charge is 0.356 e. The number of carbonyl (C=O) groups is 1. The van der Waals surface area contributed by atoms with Gasteiger partial charge in [-0.3, -0.25) is 5.32 Å². The Morgan fingerprint density at radius 2 is 1.35 bits per heavy atom. The lowest BCUT2D eigenvalue weighted by Gasteiger charge is -2.35. The summed E-state index contributed by atoms with van der Waals surface area (Å²) in [5, 5.41) is 4.97. The van der Waals surface area contributed by atoms with Crippen molar-refractivity contribution < 1.29 is 18.0 Å². The van der Waals surface area contributed by atoms with E-state index in [1.54, 1.807) is 10.3 Å². The molecule has 1 aromatic carbocycles. The normalized spacial score (nSPS) is 18.1. The van der Waals surface area contributed by atoms with Crippen molar-refractivity contribution in [2.24, 2.45) is 0 Å². The molecule has 2 aromatic heterocycles. The highest BCUT2D eigenvalue weighted by molar-refractivity contribution is 7.14. The number of benzene rings is 1. The Bertz CT molecular complexity index is 1290. The molecule has 3 aliphatic rings. The molecule has 0 saturated carbocycles. The molecule has 1 N–H and O–H groups in total. The third kappa shape index (κ3) is 5.79. The summed E-state index contributed by atoms with van der Waals surface area (Å²) in [7, 11) is 0. The van der Waals surface area contributed by atoms with E-state index in [9.17, 15) is 18.0 Å². The second kappa shape index (κ2) is 11.1. The molecule has 0 bridgehead atoms. The minimum absolute atomic E-state index is 0.244. The van der Waals surface area contributed by atoms with Crippen LogP contribution in [0.15, 0.2) is 35.7 Å². The third-order valence-electron chi connectivity index (χ3n) is 7.62. The Balaban J connectivity index is 1.08. The number of piperazine rings is 1. The van der Waals surface area contributed by atoms with Crippen LogP contribution < -0.4 is 20.0 Å². The molecule has 0 aliphatic carbocycles. The number of halogens is 3. The first-order valence-corrected chi connectivity index (χ1v) is 14.5. The number of nitrogens with zero attached hydrogens (tertiary/aromatic N) is 7. The maximum Gasteiger partial charge on any atom is 0.416 e. The molecule has 3 saturated heterocycles. The first-order chi connectivity index (χ1) is 19.3. The number of hydrogen-bond donors (Lipinski definition) is 1. The maximum atomic E-state index is 13.0. The van der Waals surface area contributed by atoms with Crippen LogP contribution in [0.4, 0.5) is 40.7 Å². The molecule has 5 heterocycles. The van der Waals surface area contributed by atoms with Gasteiger partial charge in [0.1, 0.15) is 11.6 Å². The van der Waals surface area contributed by atoms with Gasteiger partial charge in [0.05, 0.1) is 11.3 Å². The highest BCUT2D eigenvalue weighted by Gasteiger charge is 2.30. The Morgan fingerprint density at radius 1 is 0.775 bits per heavy atom. The van der Waals surface area contributed by atoms with Crippen molar-refractivity contribution >= 4 is 40.1 Å². The van der Waals surface area contributed by atoms with Crippen molar-refractivity contribution in [3.8, 4) is 11.3 Å². The van der Waals surface area contributed by atoms with Gasteiger partial charge in [0, 0.05) is 69.4 Å². The molecule has 0 unspecified atom stereocenters. The lowest BCUT2D eigenvalue weighted by atomic mass is 10.1. The number of urea groups is 1. The van der Waals surface area contributed by atoms with Crippen LogP contribution in [0.2, 0.25) is 0 Å². The summed E-state index contributed by atoms with van der Waals surface area (Å²) in [5.41, 5.74) is 0.371. The fourth-order valence-electron chi connectivity index (χ4n) is 5.34. The summed E-state index contributed by atoms with van der Waals surface area (Å²) in [6, 6.07) is 6.68. The molecule has 13 heteroatoms. The highest BCUT2D eigenvalue weighted by atomic mass is 32.1. The standard InChI is InChI=1S/C27H31F3N8OS/c28-27(29,30)20-7-5-19(6-8-20)21-18-40-25(31-21)34-26(39)38-15-13-36(14-16-38)23-17-22(35-9-1-2-10-35)32-24(33-23)37-11-3-4-12-37/h5-8,17-18H,1-4,9-16H2,(H,31,34,39). The predicted molar refractivity (Wildman–Crippen MR) is 150 cm³/mol. The molecule has 212 valence electrons. The van der Waals surface area contributed by atoms with E-state index in [-0.39, 0.29) is 6.03 Å². The van der Waals surface area contributed by atoms with Crippen LogP contribution in [0.1, 0.15) is 31.2 Å². The first-order valence-electron chi connectivity index (χ1n) is 13.7. The second-order valence-corrected chi connectivity index (χ2v) is 11.1. The van der Waals surface area contributed by atoms with Gasteiger partial charge in [0.25, 0.3) is 0 Å². The lowest BCUT2D eigenvalue weighted by Crippen LogP contribution is -2.50. The number of anilines is 4. The molecule has 2 amide bonds. The zero-order chi connectivity index (χ0) is 27.7. The predicted octanol–water partition coefficient (Wildman–Crippen LogP) is 5.17. The van der Waals surface area contributed by atoms with Gasteiger partial charge in [-0.05, 0) is 37.8 Å². The quantitative estimate of drug-likeness (QED) is 0.452. The summed E-state index contributed by atoms with van der Waals surface area (Å²) in [4.78, 5) is 35.8. The fraction of sp³-hybridized carbons (Fsp3) is 0.481. The molecular weight excluding hydrogens is 541 g/mol. The summed E-state index contributed by atoms with van der Waals surface area (Å²) < 4.78 is 38.6. The highest BCUT2D eigenvalue weighted by Crippen LogP contribution is 2.32. The Labute approximate surface area is 234 Å². The average molecular weight is 573 g/mol. The van der Waals surface area contributed by atoms with Gasteiger partial charge in [-0.2, -0.15) is 23.1 Å². The molecule has 6 rings (SSSR count). The largest absolute Gasteiger partial charge is 0.416 e. The van der Waals surface area contributed by atoms with Crippen molar-refractivity contribution in [1.82, 2.24) is 19.9 Å². The summed E-state index contributed by atoms with van der Waals surface area (Å²) in [6.07, 6.45) is 0.286. The van der Waals surface area contributed by atoms with Crippen LogP contribution in [-0.4, -0.2) is 78.2 Å². The third-order valence-corrected chi connectivity index (χ3v) is 8.38. The topological polar surface area (TPSA) is 80.7 Å². The van der Waals surface area contributed by atoms with Gasteiger partial charge >= 0.3 is 12.2 Å². The van der Waals surface area contributed by atoms with E-state index >= 15 is 0 Å². The van der Waals surface area contributed by atoms with E-state index in [2.05, 4.69) is 31.1 Å². The SMILES string of the molecule is O=C(Nc1nc(-c2ccc(C(F)(F)F)cc2)cs1)N1CCN(c2cc(N3CCCC3)nc(N3CCCC3)n2)CC1. The second-order valence-electron chi connectivity index (χ2n) is 10.3. The van der Waals surface area contributed by atoms with Crippen molar-refractivity contribution in [3.63, 3.8) is 0 Å². The minimum atomic E-state index is -4.39. The number of aromatic nitrogens is 3. The fourth-order valence-corrected chi connectivity index (χ4v) is 6.05. The van der Waals surface area contributed by atoms with Gasteiger partial charge < -0.3 is 19.6 Å². The van der Waals surface area contributed by atoms with E-state index in [1.165, 1.54) is 36.3 Å². The van der Waals surface area contributed by atoms with Crippen LogP contribution in [0.5, 0.6) is 0 Å². The molecule has 0 spiro atoms. The molecule has 9 nitrogen and oxygen atoms in total. The molecule has 3 aromatic rings. The zero-order valence-electron chi connectivity index (χ0n) is 22.0. The van der Waals surface area contributed by atoms with E-state index < -0.39 is 11.7 Å². The monoisotopic (exact) mass is 572 g/mol. The Hall–Kier alpha value is -3.61. The van der Waals surface area contributed by atoms with Crippen LogP contribution in [0.25, 0.3) is 11.3 Å². The number of alkyl halides is 3. The minimum Gasteiger partial charge on any atom is -0.356 e.